The minimum atomic E-state index is -0.0663. The predicted octanol–water partition coefficient (Wildman–Crippen LogP) is 1.93. The third kappa shape index (κ3) is 3.54. The largest absolute Gasteiger partial charge is 0.497 e. The summed E-state index contributed by atoms with van der Waals surface area (Å²) in [5.41, 5.74) is 1.08. The van der Waals surface area contributed by atoms with E-state index in [9.17, 15) is 10.1 Å². The normalized spacial score (nSPS) is 13.9. The van der Waals surface area contributed by atoms with Crippen molar-refractivity contribution in [3.8, 4) is 17.6 Å². The fourth-order valence-corrected chi connectivity index (χ4v) is 2.97. The summed E-state index contributed by atoms with van der Waals surface area (Å²) in [4.78, 5) is 21.0. The van der Waals surface area contributed by atoms with Crippen molar-refractivity contribution in [2.24, 2.45) is 0 Å². The highest BCUT2D eigenvalue weighted by Crippen LogP contribution is 2.24. The maximum atomic E-state index is 12.8. The van der Waals surface area contributed by atoms with Crippen molar-refractivity contribution < 1.29 is 14.3 Å². The van der Waals surface area contributed by atoms with E-state index in [1.807, 2.05) is 4.90 Å². The van der Waals surface area contributed by atoms with Crippen LogP contribution in [0.25, 0.3) is 0 Å². The van der Waals surface area contributed by atoms with Gasteiger partial charge in [0.1, 0.15) is 23.4 Å². The molecule has 1 aromatic carbocycles. The molecule has 26 heavy (non-hydrogen) atoms. The molecule has 0 aliphatic carbocycles. The van der Waals surface area contributed by atoms with Crippen molar-refractivity contribution >= 4 is 11.7 Å². The van der Waals surface area contributed by atoms with E-state index in [4.69, 9.17) is 9.47 Å². The second-order valence-corrected chi connectivity index (χ2v) is 5.87. The molecular weight excluding hydrogens is 332 g/mol. The van der Waals surface area contributed by atoms with Crippen LogP contribution >= 0.6 is 0 Å². The van der Waals surface area contributed by atoms with Gasteiger partial charge in [-0.2, -0.15) is 5.26 Å². The van der Waals surface area contributed by atoms with Crippen molar-refractivity contribution in [2.45, 2.75) is 0 Å². The SMILES string of the molecule is COc1cc(OC)cc(C(=O)N2CCN(c3ncccc3C#N)CC2)c1. The van der Waals surface area contributed by atoms with Crippen LogP contribution in [0.1, 0.15) is 15.9 Å². The maximum absolute atomic E-state index is 12.8. The van der Waals surface area contributed by atoms with E-state index < -0.39 is 0 Å². The molecule has 7 nitrogen and oxygen atoms in total. The number of benzene rings is 1. The Hall–Kier alpha value is -3.27. The number of methoxy groups -OCH3 is 2. The summed E-state index contributed by atoms with van der Waals surface area (Å²) < 4.78 is 10.5. The fourth-order valence-electron chi connectivity index (χ4n) is 2.97. The Kier molecular flexibility index (Phi) is 5.23. The number of rotatable bonds is 4. The summed E-state index contributed by atoms with van der Waals surface area (Å²) in [5.74, 6) is 1.77. The molecule has 1 aliphatic rings. The molecule has 0 N–H and O–H groups in total. The van der Waals surface area contributed by atoms with Crippen molar-refractivity contribution in [3.05, 3.63) is 47.7 Å². The molecule has 1 amide bonds. The van der Waals surface area contributed by atoms with Crippen LogP contribution < -0.4 is 14.4 Å². The van der Waals surface area contributed by atoms with Gasteiger partial charge in [-0.25, -0.2) is 4.98 Å². The Morgan fingerprint density at radius 3 is 2.35 bits per heavy atom. The first-order valence-corrected chi connectivity index (χ1v) is 8.28. The van der Waals surface area contributed by atoms with Crippen LogP contribution in [0.15, 0.2) is 36.5 Å². The lowest BCUT2D eigenvalue weighted by molar-refractivity contribution is 0.0745. The van der Waals surface area contributed by atoms with Crippen molar-refractivity contribution in [1.82, 2.24) is 9.88 Å². The Bertz CT molecular complexity index is 817. The van der Waals surface area contributed by atoms with Gasteiger partial charge in [-0.3, -0.25) is 4.79 Å². The highest BCUT2D eigenvalue weighted by molar-refractivity contribution is 5.95. The van der Waals surface area contributed by atoms with Gasteiger partial charge >= 0.3 is 0 Å². The topological polar surface area (TPSA) is 78.7 Å². The average Bonchev–Trinajstić information content (AvgIpc) is 2.72. The molecule has 0 unspecified atom stereocenters. The quantitative estimate of drug-likeness (QED) is 0.837. The molecule has 7 heteroatoms. The van der Waals surface area contributed by atoms with Gasteiger partial charge in [0.2, 0.25) is 0 Å². The molecular formula is C19H20N4O3. The molecule has 0 saturated carbocycles. The molecule has 1 saturated heterocycles. The number of ether oxygens (including phenoxy) is 2. The first-order chi connectivity index (χ1) is 12.7. The van der Waals surface area contributed by atoms with Crippen molar-refractivity contribution in [2.75, 3.05) is 45.3 Å². The number of carbonyl (C=O) groups excluding carboxylic acids is 1. The maximum Gasteiger partial charge on any atom is 0.254 e. The van der Waals surface area contributed by atoms with Crippen LogP contribution in [0, 0.1) is 11.3 Å². The van der Waals surface area contributed by atoms with Gasteiger partial charge in [-0.1, -0.05) is 0 Å². The van der Waals surface area contributed by atoms with Crippen LogP contribution in [-0.4, -0.2) is 56.2 Å². The Morgan fingerprint density at radius 1 is 1.12 bits per heavy atom. The second-order valence-electron chi connectivity index (χ2n) is 5.87. The number of nitrogens with zero attached hydrogens (tertiary/aromatic N) is 4. The van der Waals surface area contributed by atoms with Gasteiger partial charge in [0.15, 0.2) is 0 Å². The van der Waals surface area contributed by atoms with E-state index in [-0.39, 0.29) is 5.91 Å². The molecule has 0 bridgehead atoms. The van der Waals surface area contributed by atoms with E-state index in [0.29, 0.717) is 54.6 Å². The zero-order valence-corrected chi connectivity index (χ0v) is 14.8. The monoisotopic (exact) mass is 352 g/mol. The standard InChI is InChI=1S/C19H20N4O3/c1-25-16-10-15(11-17(12-16)26-2)19(24)23-8-6-22(7-9-23)18-14(13-20)4-3-5-21-18/h3-5,10-12H,6-9H2,1-2H3. The number of nitriles is 1. The molecule has 0 radical (unpaired) electrons. The fraction of sp³-hybridized carbons (Fsp3) is 0.316. The Morgan fingerprint density at radius 2 is 1.77 bits per heavy atom. The number of anilines is 1. The number of piperazine rings is 1. The van der Waals surface area contributed by atoms with E-state index in [1.165, 1.54) is 0 Å². The summed E-state index contributed by atoms with van der Waals surface area (Å²) in [6.45, 7) is 2.36. The van der Waals surface area contributed by atoms with Crippen LogP contribution in [0.3, 0.4) is 0 Å². The van der Waals surface area contributed by atoms with Crippen LogP contribution in [0.2, 0.25) is 0 Å². The molecule has 0 atom stereocenters. The summed E-state index contributed by atoms with van der Waals surface area (Å²) in [7, 11) is 3.11. The lowest BCUT2D eigenvalue weighted by Crippen LogP contribution is -2.49. The number of aromatic nitrogens is 1. The first-order valence-electron chi connectivity index (χ1n) is 8.28. The summed E-state index contributed by atoms with van der Waals surface area (Å²) >= 11 is 0. The zero-order valence-electron chi connectivity index (χ0n) is 14.8. The molecule has 134 valence electrons. The van der Waals surface area contributed by atoms with Crippen LogP contribution in [0.4, 0.5) is 5.82 Å². The highest BCUT2D eigenvalue weighted by atomic mass is 16.5. The zero-order chi connectivity index (χ0) is 18.5. The van der Waals surface area contributed by atoms with Gasteiger partial charge in [-0.05, 0) is 24.3 Å². The lowest BCUT2D eigenvalue weighted by atomic mass is 10.1. The third-order valence-corrected chi connectivity index (χ3v) is 4.37. The van der Waals surface area contributed by atoms with Crippen molar-refractivity contribution in [3.63, 3.8) is 0 Å². The molecule has 1 fully saturated rings. The molecule has 2 aromatic rings. The van der Waals surface area contributed by atoms with Gasteiger partial charge in [0.25, 0.3) is 5.91 Å². The van der Waals surface area contributed by atoms with Gasteiger partial charge in [-0.15, -0.1) is 0 Å². The summed E-state index contributed by atoms with van der Waals surface area (Å²) in [6.07, 6.45) is 1.68. The van der Waals surface area contributed by atoms with Gasteiger partial charge < -0.3 is 19.3 Å². The van der Waals surface area contributed by atoms with E-state index in [2.05, 4.69) is 11.1 Å². The molecule has 1 aromatic heterocycles. The number of carbonyl (C=O) groups is 1. The van der Waals surface area contributed by atoms with E-state index in [1.54, 1.807) is 55.6 Å². The van der Waals surface area contributed by atoms with Crippen LogP contribution in [-0.2, 0) is 0 Å². The number of hydrogen-bond acceptors (Lipinski definition) is 6. The second kappa shape index (κ2) is 7.74. The van der Waals surface area contributed by atoms with Crippen LogP contribution in [0.5, 0.6) is 11.5 Å². The van der Waals surface area contributed by atoms with E-state index in [0.717, 1.165) is 0 Å². The first kappa shape index (κ1) is 17.5. The Balaban J connectivity index is 1.72. The third-order valence-electron chi connectivity index (χ3n) is 4.37. The minimum Gasteiger partial charge on any atom is -0.497 e. The molecule has 3 rings (SSSR count). The summed E-state index contributed by atoms with van der Waals surface area (Å²) in [5, 5.41) is 9.23. The Labute approximate surface area is 152 Å². The minimum absolute atomic E-state index is 0.0663. The smallest absolute Gasteiger partial charge is 0.254 e. The number of amides is 1. The molecule has 0 spiro atoms. The summed E-state index contributed by atoms with van der Waals surface area (Å²) in [6, 6.07) is 10.8. The number of pyridine rings is 1. The average molecular weight is 352 g/mol. The highest BCUT2D eigenvalue weighted by Gasteiger charge is 2.24. The van der Waals surface area contributed by atoms with Gasteiger partial charge in [0, 0.05) is 44.0 Å². The van der Waals surface area contributed by atoms with Gasteiger partial charge in [0.05, 0.1) is 19.8 Å². The predicted molar refractivity (Wildman–Crippen MR) is 96.6 cm³/mol. The lowest BCUT2D eigenvalue weighted by Gasteiger charge is -2.35. The number of hydrogen-bond donors (Lipinski definition) is 0. The molecule has 2 heterocycles. The van der Waals surface area contributed by atoms with E-state index >= 15 is 0 Å². The molecule has 1 aliphatic heterocycles. The van der Waals surface area contributed by atoms with Crippen molar-refractivity contribution in [1.29, 1.82) is 5.26 Å².